The summed E-state index contributed by atoms with van der Waals surface area (Å²) in [4.78, 5) is 29.7. The summed E-state index contributed by atoms with van der Waals surface area (Å²) >= 11 is 0. The van der Waals surface area contributed by atoms with Gasteiger partial charge in [0, 0.05) is 44.2 Å². The van der Waals surface area contributed by atoms with Gasteiger partial charge in [-0.1, -0.05) is 31.2 Å². The number of hydrogen-bond acceptors (Lipinski definition) is 4. The summed E-state index contributed by atoms with van der Waals surface area (Å²) in [6.45, 7) is 6.52. The highest BCUT2D eigenvalue weighted by Crippen LogP contribution is 2.31. The minimum Gasteiger partial charge on any atom is -0.343 e. The van der Waals surface area contributed by atoms with Crippen molar-refractivity contribution in [1.82, 2.24) is 25.3 Å². The number of piperidine rings is 2. The maximum absolute atomic E-state index is 13.3. The number of rotatable bonds is 7. The Hall–Kier alpha value is -2.67. The molecule has 1 aromatic carbocycles. The SMILES string of the molecule is CCc1ccc(-c2cc(C(=O)N3CC4CN[C@H](CCCC(=O)N5CCCC5)C(C4)C3)[nH]n2)cc1. The Labute approximate surface area is 202 Å². The molecule has 3 atom stereocenters. The summed E-state index contributed by atoms with van der Waals surface area (Å²) in [5.74, 6) is 1.30. The van der Waals surface area contributed by atoms with Crippen LogP contribution in [0.25, 0.3) is 11.3 Å². The number of fused-ring (bicyclic) bond motifs is 2. The molecule has 2 N–H and O–H groups in total. The molecule has 3 saturated heterocycles. The van der Waals surface area contributed by atoms with Crippen molar-refractivity contribution in [2.24, 2.45) is 11.8 Å². The number of carbonyl (C=O) groups is 2. The smallest absolute Gasteiger partial charge is 0.271 e. The molecule has 2 aromatic rings. The molecule has 7 heteroatoms. The van der Waals surface area contributed by atoms with Crippen LogP contribution >= 0.6 is 0 Å². The second kappa shape index (κ2) is 10.3. The third-order valence-corrected chi connectivity index (χ3v) is 7.93. The number of aromatic nitrogens is 2. The number of carbonyl (C=O) groups excluding carboxylic acids is 2. The Balaban J connectivity index is 1.17. The van der Waals surface area contributed by atoms with E-state index in [9.17, 15) is 9.59 Å². The minimum absolute atomic E-state index is 0.0449. The molecule has 7 nitrogen and oxygen atoms in total. The Morgan fingerprint density at radius 1 is 1.09 bits per heavy atom. The summed E-state index contributed by atoms with van der Waals surface area (Å²) in [5, 5.41) is 11.1. The lowest BCUT2D eigenvalue weighted by Crippen LogP contribution is -2.57. The van der Waals surface area contributed by atoms with Crippen LogP contribution in [0.5, 0.6) is 0 Å². The zero-order valence-corrected chi connectivity index (χ0v) is 20.3. The van der Waals surface area contributed by atoms with Crippen molar-refractivity contribution >= 4 is 11.8 Å². The van der Waals surface area contributed by atoms with Gasteiger partial charge in [0.15, 0.2) is 0 Å². The van der Waals surface area contributed by atoms with E-state index in [1.165, 1.54) is 12.0 Å². The van der Waals surface area contributed by atoms with Gasteiger partial charge in [-0.15, -0.1) is 0 Å². The molecule has 0 saturated carbocycles. The highest BCUT2D eigenvalue weighted by molar-refractivity contribution is 5.93. The van der Waals surface area contributed by atoms with Gasteiger partial charge in [-0.25, -0.2) is 0 Å². The molecule has 3 fully saturated rings. The molecule has 1 aromatic heterocycles. The fraction of sp³-hybridized carbons (Fsp3) is 0.593. The third-order valence-electron chi connectivity index (χ3n) is 7.93. The molecule has 3 aliphatic heterocycles. The van der Waals surface area contributed by atoms with E-state index >= 15 is 0 Å². The maximum Gasteiger partial charge on any atom is 0.271 e. The molecule has 0 aliphatic carbocycles. The number of likely N-dealkylation sites (tertiary alicyclic amines) is 2. The molecule has 0 spiro atoms. The largest absolute Gasteiger partial charge is 0.343 e. The molecule has 34 heavy (non-hydrogen) atoms. The predicted octanol–water partition coefficient (Wildman–Crippen LogP) is 3.48. The number of hydrogen-bond donors (Lipinski definition) is 2. The van der Waals surface area contributed by atoms with Gasteiger partial charge in [-0.05, 0) is 68.5 Å². The highest BCUT2D eigenvalue weighted by Gasteiger charge is 2.38. The molecule has 4 heterocycles. The van der Waals surface area contributed by atoms with Crippen molar-refractivity contribution < 1.29 is 9.59 Å². The van der Waals surface area contributed by atoms with Crippen molar-refractivity contribution in [2.45, 2.75) is 57.9 Å². The average molecular weight is 464 g/mol. The normalized spacial score (nSPS) is 24.4. The van der Waals surface area contributed by atoms with E-state index in [1.54, 1.807) is 0 Å². The van der Waals surface area contributed by atoms with Gasteiger partial charge in [0.25, 0.3) is 5.91 Å². The lowest BCUT2D eigenvalue weighted by molar-refractivity contribution is -0.130. The van der Waals surface area contributed by atoms with E-state index in [0.717, 1.165) is 76.1 Å². The average Bonchev–Trinajstić information content (AvgIpc) is 3.58. The van der Waals surface area contributed by atoms with Gasteiger partial charge in [-0.2, -0.15) is 5.10 Å². The van der Waals surface area contributed by atoms with Crippen LogP contribution in [-0.4, -0.2) is 70.6 Å². The van der Waals surface area contributed by atoms with E-state index in [4.69, 9.17) is 0 Å². The van der Waals surface area contributed by atoms with E-state index in [2.05, 4.69) is 46.7 Å². The molecular weight excluding hydrogens is 426 g/mol. The van der Waals surface area contributed by atoms with Gasteiger partial charge < -0.3 is 15.1 Å². The molecule has 2 bridgehead atoms. The van der Waals surface area contributed by atoms with Crippen LogP contribution in [0.3, 0.4) is 0 Å². The lowest BCUT2D eigenvalue weighted by atomic mass is 9.79. The van der Waals surface area contributed by atoms with Crippen molar-refractivity contribution in [1.29, 1.82) is 0 Å². The minimum atomic E-state index is 0.0449. The molecule has 2 amide bonds. The zero-order valence-electron chi connectivity index (χ0n) is 20.3. The molecule has 0 radical (unpaired) electrons. The Kier molecular flexibility index (Phi) is 6.99. The third kappa shape index (κ3) is 5.04. The first-order valence-corrected chi connectivity index (χ1v) is 13.1. The fourth-order valence-corrected chi connectivity index (χ4v) is 5.93. The van der Waals surface area contributed by atoms with Crippen LogP contribution in [0.2, 0.25) is 0 Å². The first-order valence-electron chi connectivity index (χ1n) is 13.1. The number of nitrogens with zero attached hydrogens (tertiary/aromatic N) is 3. The maximum atomic E-state index is 13.3. The summed E-state index contributed by atoms with van der Waals surface area (Å²) in [7, 11) is 0. The molecule has 182 valence electrons. The second-order valence-corrected chi connectivity index (χ2v) is 10.3. The summed E-state index contributed by atoms with van der Waals surface area (Å²) in [6.07, 6.45) is 7.03. The highest BCUT2D eigenvalue weighted by atomic mass is 16.2. The topological polar surface area (TPSA) is 81.3 Å². The van der Waals surface area contributed by atoms with Crippen LogP contribution < -0.4 is 5.32 Å². The Morgan fingerprint density at radius 2 is 1.88 bits per heavy atom. The van der Waals surface area contributed by atoms with Gasteiger partial charge in [0.1, 0.15) is 5.69 Å². The molecule has 2 unspecified atom stereocenters. The Bertz CT molecular complexity index is 995. The summed E-state index contributed by atoms with van der Waals surface area (Å²) in [6, 6.07) is 10.6. The quantitative estimate of drug-likeness (QED) is 0.659. The van der Waals surface area contributed by atoms with Crippen LogP contribution in [0.15, 0.2) is 30.3 Å². The summed E-state index contributed by atoms with van der Waals surface area (Å²) < 4.78 is 0. The van der Waals surface area contributed by atoms with Crippen molar-refractivity contribution in [3.8, 4) is 11.3 Å². The first kappa shape index (κ1) is 23.1. The summed E-state index contributed by atoms with van der Waals surface area (Å²) in [5.41, 5.74) is 3.69. The number of benzene rings is 1. The Morgan fingerprint density at radius 3 is 2.65 bits per heavy atom. The first-order chi connectivity index (χ1) is 16.6. The van der Waals surface area contributed by atoms with Crippen molar-refractivity contribution in [3.63, 3.8) is 0 Å². The standard InChI is InChI=1S/C27H37N5O2/c1-2-19-8-10-21(11-9-19)24-15-25(30-29-24)27(34)32-17-20-14-22(18-32)23(28-16-20)6-5-7-26(33)31-12-3-4-13-31/h8-11,15,20,22-23,28H,2-7,12-14,16-18H2,1H3,(H,29,30)/t20?,22?,23-/m1/s1. The van der Waals surface area contributed by atoms with E-state index in [1.807, 2.05) is 15.9 Å². The fourth-order valence-electron chi connectivity index (χ4n) is 5.93. The monoisotopic (exact) mass is 463 g/mol. The number of aryl methyl sites for hydroxylation is 1. The molecular formula is C27H37N5O2. The van der Waals surface area contributed by atoms with Crippen molar-refractivity contribution in [3.05, 3.63) is 41.6 Å². The predicted molar refractivity (Wildman–Crippen MR) is 132 cm³/mol. The number of nitrogens with one attached hydrogen (secondary N) is 2. The van der Waals surface area contributed by atoms with Gasteiger partial charge in [-0.3, -0.25) is 14.7 Å². The second-order valence-electron chi connectivity index (χ2n) is 10.3. The van der Waals surface area contributed by atoms with E-state index < -0.39 is 0 Å². The lowest BCUT2D eigenvalue weighted by Gasteiger charge is -2.46. The molecule has 5 rings (SSSR count). The number of amides is 2. The van der Waals surface area contributed by atoms with Gasteiger partial charge in [0.05, 0.1) is 5.69 Å². The van der Waals surface area contributed by atoms with E-state index in [-0.39, 0.29) is 5.91 Å². The van der Waals surface area contributed by atoms with Gasteiger partial charge in [0.2, 0.25) is 5.91 Å². The van der Waals surface area contributed by atoms with Crippen LogP contribution in [-0.2, 0) is 11.2 Å². The zero-order chi connectivity index (χ0) is 23.5. The van der Waals surface area contributed by atoms with Gasteiger partial charge >= 0.3 is 0 Å². The van der Waals surface area contributed by atoms with Crippen LogP contribution in [0.4, 0.5) is 0 Å². The van der Waals surface area contributed by atoms with Crippen LogP contribution in [0, 0.1) is 11.8 Å². The number of aromatic amines is 1. The molecule has 3 aliphatic rings. The number of H-pyrrole nitrogens is 1. The van der Waals surface area contributed by atoms with Crippen molar-refractivity contribution in [2.75, 3.05) is 32.7 Å². The van der Waals surface area contributed by atoms with Crippen LogP contribution in [0.1, 0.15) is 61.5 Å². The van der Waals surface area contributed by atoms with E-state index in [0.29, 0.717) is 35.9 Å².